The molecule has 3 aliphatic heterocycles. The molecule has 6 heterocycles. The number of phenolic OH excluding ortho intramolecular Hbond substituents is 1. The number of aromatic nitrogens is 4. The summed E-state index contributed by atoms with van der Waals surface area (Å²) < 4.78 is 0. The minimum atomic E-state index is -1.45. The number of aromatic hydroxyl groups is 1. The number of para-hydroxylation sites is 2. The minimum absolute atomic E-state index is 0.00845. The number of fused-ring (bicyclic) bond motifs is 3. The molecule has 42 heteroatoms. The summed E-state index contributed by atoms with van der Waals surface area (Å²) in [5.41, 5.74) is 16.5. The number of rotatable bonds is 52. The molecule has 17 amide bonds. The molecular formula is C89H118N22O17S3. The van der Waals surface area contributed by atoms with E-state index in [0.717, 1.165) is 46.0 Å². The molecule has 3 aliphatic rings. The van der Waals surface area contributed by atoms with Crippen molar-refractivity contribution >= 4 is 152 Å². The number of hydrogen-bond donors (Lipinski definition) is 21. The van der Waals surface area contributed by atoms with E-state index in [-0.39, 0.29) is 94.1 Å². The largest absolute Gasteiger partial charge is 0.508 e. The van der Waals surface area contributed by atoms with Crippen molar-refractivity contribution in [3.8, 4) is 5.75 Å². The van der Waals surface area contributed by atoms with Crippen LogP contribution < -0.4 is 91.2 Å². The summed E-state index contributed by atoms with van der Waals surface area (Å²) in [7, 11) is 0. The predicted molar refractivity (Wildman–Crippen MR) is 495 cm³/mol. The number of unbranched alkanes of at least 4 members (excludes halogenated alkanes) is 2. The second kappa shape index (κ2) is 50.5. The maximum Gasteiger partial charge on any atom is 0.315 e. The van der Waals surface area contributed by atoms with Gasteiger partial charge in [-0.1, -0.05) is 85.3 Å². The minimum Gasteiger partial charge on any atom is -0.508 e. The Hall–Kier alpha value is -12.7. The molecule has 131 heavy (non-hydrogen) atoms. The van der Waals surface area contributed by atoms with Gasteiger partial charge in [0, 0.05) is 96.6 Å². The third kappa shape index (κ3) is 30.7. The molecule has 704 valence electrons. The van der Waals surface area contributed by atoms with Gasteiger partial charge in [-0.3, -0.25) is 71.9 Å². The molecule has 0 radical (unpaired) electrons. The number of imidazole rings is 1. The molecule has 23 N–H and O–H groups in total. The Kier molecular flexibility index (Phi) is 38.7. The standard InChI is InChI=1S/C89H118N22O17S3/c1-50(79(118)98-46-75(115)96-45-74(114)97-47-76(116)102-63(78(91)117)23-14-15-33-93-73(113)26-13-12-25-72-77-70(48-131-72)109-89(128)110-77)100-84(123)66(38-53-27-29-57(112)30-28-53)106-83(122)65(32-36-130-4)104-82(121)64(31-35-129-3)103-80(119)51(2)101-85(124)67(39-54-42-94-61-21-10-8-19-58(54)61)107-87(126)71-24-16-34-111(71)88(127)69(41-56-44-92-49-99-56)108-86(125)68(40-55-43-95-62-22-11-9-20-59(55)62)105-81(120)60(90)37-52-17-6-5-7-18-52/h5-11,17-22,27-30,42-44,49-51,60,63-72,77,94-95,112H,12-16,23-26,31-41,45-48,90H2,1-4H3,(H2,91,117)(H,92,99)(H,93,113)(H,96,115)(H,97,114)(H,98,118)(H,100,123)(H,101,124)(H,102,116)(H,103,119)(H,104,121)(H,105,120)(H,106,122)(H,107,126)(H,108,125)(H2,109,110,128)/t50-,51-,60-,63-,64-,65-,66-,67-,68-,69-,70-,71-,72-,77-/m0/s1. The van der Waals surface area contributed by atoms with Crippen LogP contribution in [-0.4, -0.2) is 271 Å². The molecule has 14 atom stereocenters. The molecule has 3 fully saturated rings. The molecule has 10 rings (SSSR count). The first-order valence-corrected chi connectivity index (χ1v) is 47.6. The van der Waals surface area contributed by atoms with Crippen LogP contribution >= 0.6 is 35.3 Å². The van der Waals surface area contributed by atoms with Crippen molar-refractivity contribution in [3.63, 3.8) is 0 Å². The third-order valence-electron chi connectivity index (χ3n) is 22.8. The van der Waals surface area contributed by atoms with Crippen molar-refractivity contribution in [3.05, 3.63) is 156 Å². The Morgan fingerprint density at radius 2 is 1.06 bits per heavy atom. The van der Waals surface area contributed by atoms with E-state index >= 15 is 9.59 Å². The summed E-state index contributed by atoms with van der Waals surface area (Å²) >= 11 is 4.52. The van der Waals surface area contributed by atoms with E-state index in [0.29, 0.717) is 77.8 Å². The fraction of sp³-hybridized carbons (Fsp3) is 0.472. The van der Waals surface area contributed by atoms with Gasteiger partial charge < -0.3 is 116 Å². The summed E-state index contributed by atoms with van der Waals surface area (Å²) in [5.74, 6) is -9.65. The van der Waals surface area contributed by atoms with Crippen LogP contribution in [0.2, 0.25) is 0 Å². The number of amides is 17. The van der Waals surface area contributed by atoms with Crippen molar-refractivity contribution < 1.29 is 81.8 Å². The lowest BCUT2D eigenvalue weighted by atomic mass is 10.0. The van der Waals surface area contributed by atoms with Gasteiger partial charge in [-0.2, -0.15) is 35.3 Å². The average Bonchev–Trinajstić information content (AvgIpc) is 1.66. The van der Waals surface area contributed by atoms with Crippen LogP contribution in [0.4, 0.5) is 4.79 Å². The molecule has 7 aromatic rings. The number of carbonyl (C=O) groups excluding carboxylic acids is 16. The molecule has 0 saturated carbocycles. The van der Waals surface area contributed by atoms with Gasteiger partial charge in [0.1, 0.15) is 66.2 Å². The number of phenols is 1. The summed E-state index contributed by atoms with van der Waals surface area (Å²) in [5, 5.41) is 52.2. The molecule has 3 aromatic heterocycles. The first kappa shape index (κ1) is 100. The second-order valence-electron chi connectivity index (χ2n) is 32.6. The van der Waals surface area contributed by atoms with E-state index in [9.17, 15) is 72.2 Å². The number of urea groups is 1. The number of H-pyrrole nitrogens is 3. The van der Waals surface area contributed by atoms with Gasteiger partial charge in [-0.05, 0) is 149 Å². The summed E-state index contributed by atoms with van der Waals surface area (Å²) in [6.45, 7) is 1.20. The highest BCUT2D eigenvalue weighted by molar-refractivity contribution is 8.00. The normalized spacial score (nSPS) is 17.3. The Labute approximate surface area is 769 Å². The molecule has 39 nitrogen and oxygen atoms in total. The van der Waals surface area contributed by atoms with Crippen LogP contribution in [0, 0.1) is 0 Å². The molecule has 0 bridgehead atoms. The molecule has 4 aromatic carbocycles. The summed E-state index contributed by atoms with van der Waals surface area (Å²) in [6.07, 6.45) is 14.0. The number of benzene rings is 4. The van der Waals surface area contributed by atoms with Gasteiger partial charge in [0.25, 0.3) is 0 Å². The number of aromatic amines is 3. The molecular weight excluding hydrogens is 1750 g/mol. The number of nitrogens with zero attached hydrogens (tertiary/aromatic N) is 2. The topological polar surface area (TPSA) is 589 Å². The lowest BCUT2D eigenvalue weighted by molar-refractivity contribution is -0.142. The predicted octanol–water partition coefficient (Wildman–Crippen LogP) is -0.335. The van der Waals surface area contributed by atoms with Crippen molar-refractivity contribution in [2.45, 2.75) is 200 Å². The number of primary amides is 1. The van der Waals surface area contributed by atoms with Gasteiger partial charge in [0.15, 0.2) is 0 Å². The van der Waals surface area contributed by atoms with Crippen LogP contribution in [0.15, 0.2) is 128 Å². The van der Waals surface area contributed by atoms with Crippen molar-refractivity contribution in [2.75, 3.05) is 62.5 Å². The van der Waals surface area contributed by atoms with E-state index in [1.165, 1.54) is 72.9 Å². The highest BCUT2D eigenvalue weighted by Crippen LogP contribution is 2.34. The Bertz CT molecular complexity index is 5120. The summed E-state index contributed by atoms with van der Waals surface area (Å²) in [4.78, 5) is 235. The maximum atomic E-state index is 15.2. The number of nitrogens with two attached hydrogens (primary N) is 2. The molecule has 0 spiro atoms. The first-order chi connectivity index (χ1) is 63.0. The fourth-order valence-corrected chi connectivity index (χ4v) is 18.1. The highest BCUT2D eigenvalue weighted by atomic mass is 32.2. The molecule has 0 unspecified atom stereocenters. The van der Waals surface area contributed by atoms with E-state index < -0.39 is 169 Å². The van der Waals surface area contributed by atoms with Gasteiger partial charge in [0.2, 0.25) is 88.6 Å². The van der Waals surface area contributed by atoms with Crippen LogP contribution in [0.5, 0.6) is 5.75 Å². The molecule has 3 saturated heterocycles. The monoisotopic (exact) mass is 1860 g/mol. The van der Waals surface area contributed by atoms with E-state index in [2.05, 4.69) is 99.7 Å². The zero-order valence-corrected chi connectivity index (χ0v) is 75.9. The van der Waals surface area contributed by atoms with E-state index in [4.69, 9.17) is 11.5 Å². The Morgan fingerprint density at radius 3 is 1.68 bits per heavy atom. The lowest BCUT2D eigenvalue weighted by Gasteiger charge is -2.31. The average molecular weight is 1860 g/mol. The number of likely N-dealkylation sites (tertiary alicyclic amines) is 1. The maximum absolute atomic E-state index is 15.2. The number of hydrogen-bond acceptors (Lipinski definition) is 22. The highest BCUT2D eigenvalue weighted by Gasteiger charge is 2.44. The quantitative estimate of drug-likeness (QED) is 0.0171. The first-order valence-electron chi connectivity index (χ1n) is 43.7. The van der Waals surface area contributed by atoms with Crippen LogP contribution in [0.25, 0.3) is 21.8 Å². The number of nitrogens with one attached hydrogen (secondary N) is 18. The smallest absolute Gasteiger partial charge is 0.315 e. The van der Waals surface area contributed by atoms with Gasteiger partial charge in [0.05, 0.1) is 49.8 Å². The van der Waals surface area contributed by atoms with Crippen LogP contribution in [-0.2, 0) is 104 Å². The van der Waals surface area contributed by atoms with E-state index in [1.54, 1.807) is 37.2 Å². The SMILES string of the molecule is CSCC[C@H](NC(=O)[C@H](C)NC(=O)[C@H](Cc1c[nH]c2ccccc12)NC(=O)[C@@H]1CCCN1C(=O)[C@H](Cc1c[nH]cn1)NC(=O)[C@H](Cc1c[nH]c2ccccc12)NC(=O)[C@@H](N)Cc1ccccc1)C(=O)N[C@@H](CCSC)C(=O)N[C@@H](Cc1ccc(O)cc1)C(=O)N[C@@H](C)C(=O)NCC(=O)NCC(=O)NCC(=O)N[C@@H](CCCCNC(=O)CCCC[C@@H]1SC[C@@H]2NC(=O)N[C@@H]21)C(N)=O. The Balaban J connectivity index is 0.714. The zero-order chi connectivity index (χ0) is 94.0. The second-order valence-corrected chi connectivity index (χ2v) is 35.9. The van der Waals surface area contributed by atoms with Gasteiger partial charge in [-0.25, -0.2) is 9.78 Å². The van der Waals surface area contributed by atoms with Gasteiger partial charge >= 0.3 is 6.03 Å². The molecule has 0 aliphatic carbocycles. The van der Waals surface area contributed by atoms with E-state index in [1.807, 2.05) is 84.6 Å². The lowest BCUT2D eigenvalue weighted by Crippen LogP contribution is -2.60. The van der Waals surface area contributed by atoms with Crippen LogP contribution in [0.1, 0.15) is 112 Å². The number of carbonyl (C=O) groups is 16. The van der Waals surface area contributed by atoms with Crippen LogP contribution in [0.3, 0.4) is 0 Å². The van der Waals surface area contributed by atoms with Crippen molar-refractivity contribution in [1.82, 2.24) is 105 Å². The van der Waals surface area contributed by atoms with Gasteiger partial charge in [-0.15, -0.1) is 0 Å². The zero-order valence-electron chi connectivity index (χ0n) is 73.4. The summed E-state index contributed by atoms with van der Waals surface area (Å²) in [6, 6.07) is 15.5. The third-order valence-corrected chi connectivity index (χ3v) is 25.6. The Morgan fingerprint density at radius 1 is 0.519 bits per heavy atom. The van der Waals surface area contributed by atoms with Crippen molar-refractivity contribution in [2.24, 2.45) is 11.5 Å². The fourth-order valence-electron chi connectivity index (χ4n) is 15.6. The van der Waals surface area contributed by atoms with Crippen molar-refractivity contribution in [1.29, 1.82) is 0 Å². The number of thioether (sulfide) groups is 3.